The average Bonchev–Trinajstić information content (AvgIpc) is 2.99. The van der Waals surface area contributed by atoms with Gasteiger partial charge in [-0.3, -0.25) is 9.59 Å². The van der Waals surface area contributed by atoms with E-state index in [1.807, 2.05) is 48.9 Å². The van der Waals surface area contributed by atoms with Crippen LogP contribution in [-0.2, 0) is 11.2 Å². The van der Waals surface area contributed by atoms with E-state index in [1.165, 1.54) is 23.1 Å². The molecule has 6 heteroatoms. The van der Waals surface area contributed by atoms with Crippen molar-refractivity contribution in [2.75, 3.05) is 12.8 Å². The molecule has 122 valence electrons. The minimum absolute atomic E-state index is 0.119. The van der Waals surface area contributed by atoms with Gasteiger partial charge >= 0.3 is 5.97 Å². The summed E-state index contributed by atoms with van der Waals surface area (Å²) < 4.78 is 0. The molecule has 1 atom stereocenters. The number of carbonyl (C=O) groups is 2. The van der Waals surface area contributed by atoms with Crippen LogP contribution in [0.5, 0.6) is 0 Å². The molecule has 0 bridgehead atoms. The number of hydrogen-bond acceptors (Lipinski definition) is 4. The van der Waals surface area contributed by atoms with E-state index in [9.17, 15) is 14.7 Å². The highest BCUT2D eigenvalue weighted by molar-refractivity contribution is 7.98. The molecular weight excluding hydrogens is 330 g/mol. The van der Waals surface area contributed by atoms with Gasteiger partial charge in [0.1, 0.15) is 4.88 Å². The van der Waals surface area contributed by atoms with Gasteiger partial charge in [-0.15, -0.1) is 23.1 Å². The van der Waals surface area contributed by atoms with Crippen LogP contribution in [0, 0.1) is 12.8 Å². The van der Waals surface area contributed by atoms with Crippen LogP contribution in [0.25, 0.3) is 0 Å². The van der Waals surface area contributed by atoms with Crippen molar-refractivity contribution in [2.45, 2.75) is 18.2 Å². The molecule has 0 saturated heterocycles. The van der Waals surface area contributed by atoms with E-state index >= 15 is 0 Å². The van der Waals surface area contributed by atoms with E-state index in [1.54, 1.807) is 0 Å². The molecule has 0 fully saturated rings. The zero-order chi connectivity index (χ0) is 16.8. The van der Waals surface area contributed by atoms with E-state index in [-0.39, 0.29) is 12.5 Å². The fourth-order valence-corrected chi connectivity index (χ4v) is 3.96. The van der Waals surface area contributed by atoms with Gasteiger partial charge in [0.25, 0.3) is 5.91 Å². The standard InChI is InChI=1S/C17H19NO3S2/c1-11-4-3-5-12(8-11)9-13(17(20)21)10-18-16(19)15-14(22-2)6-7-23-15/h3-8,13H,9-10H2,1-2H3,(H,18,19)(H,20,21). The van der Waals surface area contributed by atoms with E-state index in [0.717, 1.165) is 16.0 Å². The topological polar surface area (TPSA) is 66.4 Å². The summed E-state index contributed by atoms with van der Waals surface area (Å²) >= 11 is 2.88. The first-order valence-corrected chi connectivity index (χ1v) is 9.29. The highest BCUT2D eigenvalue weighted by Crippen LogP contribution is 2.25. The molecule has 2 rings (SSSR count). The van der Waals surface area contributed by atoms with Crippen LogP contribution in [0.1, 0.15) is 20.8 Å². The third kappa shape index (κ3) is 4.84. The molecule has 1 heterocycles. The Labute approximate surface area is 143 Å². The Hall–Kier alpha value is -1.79. The molecule has 1 unspecified atom stereocenters. The molecule has 0 spiro atoms. The molecular formula is C17H19NO3S2. The van der Waals surface area contributed by atoms with Crippen LogP contribution in [0.3, 0.4) is 0 Å². The number of aryl methyl sites for hydroxylation is 1. The number of rotatable bonds is 7. The summed E-state index contributed by atoms with van der Waals surface area (Å²) in [7, 11) is 0. The van der Waals surface area contributed by atoms with Gasteiger partial charge in [-0.1, -0.05) is 29.8 Å². The van der Waals surface area contributed by atoms with Crippen LogP contribution < -0.4 is 5.32 Å². The van der Waals surface area contributed by atoms with Crippen molar-refractivity contribution in [2.24, 2.45) is 5.92 Å². The number of amides is 1. The van der Waals surface area contributed by atoms with E-state index in [0.29, 0.717) is 11.3 Å². The van der Waals surface area contributed by atoms with Gasteiger partial charge in [0, 0.05) is 11.4 Å². The predicted octanol–water partition coefficient (Wildman–Crippen LogP) is 3.45. The largest absolute Gasteiger partial charge is 0.481 e. The number of thioether (sulfide) groups is 1. The number of nitrogens with one attached hydrogen (secondary N) is 1. The summed E-state index contributed by atoms with van der Waals surface area (Å²) in [5.74, 6) is -1.75. The van der Waals surface area contributed by atoms with Crippen molar-refractivity contribution in [1.82, 2.24) is 5.32 Å². The molecule has 4 nitrogen and oxygen atoms in total. The van der Waals surface area contributed by atoms with Crippen molar-refractivity contribution in [3.05, 3.63) is 51.7 Å². The Morgan fingerprint density at radius 2 is 2.13 bits per heavy atom. The fourth-order valence-electron chi connectivity index (χ4n) is 2.29. The quantitative estimate of drug-likeness (QED) is 0.752. The second kappa shape index (κ2) is 8.17. The van der Waals surface area contributed by atoms with E-state index < -0.39 is 11.9 Å². The smallest absolute Gasteiger partial charge is 0.308 e. The number of carboxylic acid groups (broad SMARTS) is 1. The zero-order valence-corrected chi connectivity index (χ0v) is 14.7. The van der Waals surface area contributed by atoms with Crippen molar-refractivity contribution in [3.63, 3.8) is 0 Å². The third-order valence-corrected chi connectivity index (χ3v) is 5.30. The Morgan fingerprint density at radius 1 is 1.35 bits per heavy atom. The zero-order valence-electron chi connectivity index (χ0n) is 13.0. The van der Waals surface area contributed by atoms with Gasteiger partial charge in [0.2, 0.25) is 0 Å². The number of thiophene rings is 1. The SMILES string of the molecule is CSc1ccsc1C(=O)NCC(Cc1cccc(C)c1)C(=O)O. The Bertz CT molecular complexity index is 697. The maximum Gasteiger partial charge on any atom is 0.308 e. The highest BCUT2D eigenvalue weighted by Gasteiger charge is 2.20. The van der Waals surface area contributed by atoms with Crippen molar-refractivity contribution >= 4 is 35.0 Å². The van der Waals surface area contributed by atoms with E-state index in [2.05, 4.69) is 5.32 Å². The Kier molecular flexibility index (Phi) is 6.24. The van der Waals surface area contributed by atoms with Crippen molar-refractivity contribution in [3.8, 4) is 0 Å². The third-order valence-electron chi connectivity index (χ3n) is 3.48. The molecule has 23 heavy (non-hydrogen) atoms. The Balaban J connectivity index is 2.00. The van der Waals surface area contributed by atoms with Crippen LogP contribution in [-0.4, -0.2) is 29.8 Å². The molecule has 2 N–H and O–H groups in total. The lowest BCUT2D eigenvalue weighted by Crippen LogP contribution is -2.34. The van der Waals surface area contributed by atoms with E-state index in [4.69, 9.17) is 0 Å². The summed E-state index contributed by atoms with van der Waals surface area (Å²) in [4.78, 5) is 25.2. The minimum atomic E-state index is -0.900. The monoisotopic (exact) mass is 349 g/mol. The molecule has 1 aromatic carbocycles. The lowest BCUT2D eigenvalue weighted by Gasteiger charge is -2.14. The summed E-state index contributed by atoms with van der Waals surface area (Å²) in [5.41, 5.74) is 2.06. The number of aliphatic carboxylic acids is 1. The van der Waals surface area contributed by atoms with Crippen LogP contribution in [0.15, 0.2) is 40.6 Å². The molecule has 1 aromatic heterocycles. The fraction of sp³-hybridized carbons (Fsp3) is 0.294. The molecule has 1 amide bonds. The lowest BCUT2D eigenvalue weighted by molar-refractivity contribution is -0.141. The number of carboxylic acids is 1. The second-order valence-electron chi connectivity index (χ2n) is 5.26. The first-order valence-electron chi connectivity index (χ1n) is 7.19. The molecule has 0 radical (unpaired) electrons. The van der Waals surface area contributed by atoms with Crippen molar-refractivity contribution < 1.29 is 14.7 Å². The Morgan fingerprint density at radius 3 is 2.78 bits per heavy atom. The predicted molar refractivity (Wildman–Crippen MR) is 94.4 cm³/mol. The van der Waals surface area contributed by atoms with Crippen LogP contribution >= 0.6 is 23.1 Å². The molecule has 2 aromatic rings. The van der Waals surface area contributed by atoms with Gasteiger partial charge in [0.15, 0.2) is 0 Å². The maximum absolute atomic E-state index is 12.2. The van der Waals surface area contributed by atoms with Crippen molar-refractivity contribution in [1.29, 1.82) is 0 Å². The number of hydrogen-bond donors (Lipinski definition) is 2. The molecule has 0 saturated carbocycles. The number of benzene rings is 1. The van der Waals surface area contributed by atoms with Crippen LogP contribution in [0.2, 0.25) is 0 Å². The first kappa shape index (κ1) is 17.6. The number of carbonyl (C=O) groups excluding carboxylic acids is 1. The second-order valence-corrected chi connectivity index (χ2v) is 7.02. The first-order chi connectivity index (χ1) is 11.0. The maximum atomic E-state index is 12.2. The summed E-state index contributed by atoms with van der Waals surface area (Å²) in [6.45, 7) is 2.09. The van der Waals surface area contributed by atoms with Gasteiger partial charge in [-0.25, -0.2) is 0 Å². The molecule has 0 aliphatic rings. The average molecular weight is 349 g/mol. The van der Waals surface area contributed by atoms with Gasteiger partial charge < -0.3 is 10.4 Å². The summed E-state index contributed by atoms with van der Waals surface area (Å²) in [6.07, 6.45) is 2.31. The molecule has 0 aliphatic heterocycles. The summed E-state index contributed by atoms with van der Waals surface area (Å²) in [5, 5.41) is 14.0. The minimum Gasteiger partial charge on any atom is -0.481 e. The van der Waals surface area contributed by atoms with Crippen LogP contribution in [0.4, 0.5) is 0 Å². The normalized spacial score (nSPS) is 11.9. The van der Waals surface area contributed by atoms with Gasteiger partial charge in [-0.05, 0) is 36.6 Å². The molecule has 0 aliphatic carbocycles. The lowest BCUT2D eigenvalue weighted by atomic mass is 9.98. The van der Waals surface area contributed by atoms with Gasteiger partial charge in [-0.2, -0.15) is 0 Å². The van der Waals surface area contributed by atoms with Gasteiger partial charge in [0.05, 0.1) is 5.92 Å². The summed E-state index contributed by atoms with van der Waals surface area (Å²) in [6, 6.07) is 9.67. The highest BCUT2D eigenvalue weighted by atomic mass is 32.2.